The van der Waals surface area contributed by atoms with E-state index < -0.39 is 0 Å². The second kappa shape index (κ2) is 3.88. The number of hydrogen-bond donors (Lipinski definition) is 0. The van der Waals surface area contributed by atoms with Crippen molar-refractivity contribution in [3.05, 3.63) is 0 Å². The summed E-state index contributed by atoms with van der Waals surface area (Å²) in [6.07, 6.45) is 2.88. The fourth-order valence-corrected chi connectivity index (χ4v) is 1.85. The minimum absolute atomic E-state index is 0.250. The van der Waals surface area contributed by atoms with Crippen molar-refractivity contribution in [2.24, 2.45) is 0 Å². The molecule has 60 valence electrons. The second-order valence-corrected chi connectivity index (χ2v) is 3.99. The first kappa shape index (κ1) is 8.74. The predicted octanol–water partition coefficient (Wildman–Crippen LogP) is 1.96. The third kappa shape index (κ3) is 2.07. The van der Waals surface area contributed by atoms with Crippen molar-refractivity contribution in [2.75, 3.05) is 7.11 Å². The van der Waals surface area contributed by atoms with Crippen LogP contribution in [0.1, 0.15) is 19.8 Å². The highest BCUT2D eigenvalue weighted by Gasteiger charge is 2.27. The number of methoxy groups -OCH3 is 1. The van der Waals surface area contributed by atoms with Crippen LogP contribution in [0.5, 0.6) is 0 Å². The van der Waals surface area contributed by atoms with E-state index in [1.54, 1.807) is 7.11 Å². The fraction of sp³-hybridized carbons (Fsp3) is 1.00. The van der Waals surface area contributed by atoms with Crippen LogP contribution in [-0.2, 0) is 9.47 Å². The van der Waals surface area contributed by atoms with Crippen LogP contribution >= 0.6 is 22.6 Å². The summed E-state index contributed by atoms with van der Waals surface area (Å²) in [7, 11) is 1.73. The van der Waals surface area contributed by atoms with Crippen LogP contribution in [0, 0.1) is 0 Å². The molecule has 3 unspecified atom stereocenters. The molecule has 0 radical (unpaired) electrons. The zero-order valence-corrected chi connectivity index (χ0v) is 8.50. The molecule has 1 aliphatic heterocycles. The first-order chi connectivity index (χ1) is 4.74. The van der Waals surface area contributed by atoms with Crippen molar-refractivity contribution in [3.8, 4) is 0 Å². The third-order valence-electron chi connectivity index (χ3n) is 1.90. The van der Waals surface area contributed by atoms with Crippen LogP contribution < -0.4 is 0 Å². The summed E-state index contributed by atoms with van der Waals surface area (Å²) in [6, 6.07) is 0. The summed E-state index contributed by atoms with van der Waals surface area (Å²) in [5.74, 6) is 0. The van der Waals surface area contributed by atoms with Gasteiger partial charge in [-0.3, -0.25) is 0 Å². The lowest BCUT2D eigenvalue weighted by Crippen LogP contribution is -2.24. The van der Waals surface area contributed by atoms with E-state index >= 15 is 0 Å². The average molecular weight is 256 g/mol. The van der Waals surface area contributed by atoms with E-state index in [2.05, 4.69) is 29.5 Å². The van der Waals surface area contributed by atoms with Crippen molar-refractivity contribution in [2.45, 2.75) is 36.1 Å². The monoisotopic (exact) mass is 256 g/mol. The van der Waals surface area contributed by atoms with Gasteiger partial charge in [0, 0.05) is 7.11 Å². The lowest BCUT2D eigenvalue weighted by molar-refractivity contribution is -0.0206. The van der Waals surface area contributed by atoms with Gasteiger partial charge in [0.25, 0.3) is 0 Å². The topological polar surface area (TPSA) is 18.5 Å². The van der Waals surface area contributed by atoms with E-state index in [0.717, 1.165) is 6.42 Å². The number of alkyl halides is 1. The molecule has 1 heterocycles. The van der Waals surface area contributed by atoms with Gasteiger partial charge in [0.2, 0.25) is 0 Å². The lowest BCUT2D eigenvalue weighted by Gasteiger charge is -2.16. The van der Waals surface area contributed by atoms with Crippen LogP contribution in [-0.4, -0.2) is 23.4 Å². The normalized spacial score (nSPS) is 36.3. The Morgan fingerprint density at radius 2 is 2.30 bits per heavy atom. The Kier molecular flexibility index (Phi) is 3.39. The van der Waals surface area contributed by atoms with Gasteiger partial charge < -0.3 is 9.47 Å². The SMILES string of the molecule is COC(C)C1CCC(I)O1. The molecule has 1 fully saturated rings. The quantitative estimate of drug-likeness (QED) is 0.555. The van der Waals surface area contributed by atoms with Gasteiger partial charge in [-0.25, -0.2) is 0 Å². The van der Waals surface area contributed by atoms with Gasteiger partial charge in [-0.05, 0) is 19.8 Å². The zero-order valence-electron chi connectivity index (χ0n) is 6.34. The van der Waals surface area contributed by atoms with E-state index in [1.165, 1.54) is 6.42 Å². The Balaban J connectivity index is 2.29. The maximum Gasteiger partial charge on any atom is 0.109 e. The van der Waals surface area contributed by atoms with E-state index in [1.807, 2.05) is 0 Å². The number of rotatable bonds is 2. The highest BCUT2D eigenvalue weighted by atomic mass is 127. The molecule has 0 aromatic carbocycles. The number of hydrogen-bond acceptors (Lipinski definition) is 2. The maximum atomic E-state index is 5.58. The number of halogens is 1. The summed E-state index contributed by atoms with van der Waals surface area (Å²) in [6.45, 7) is 2.05. The van der Waals surface area contributed by atoms with Gasteiger partial charge in [0.15, 0.2) is 0 Å². The summed E-state index contributed by atoms with van der Waals surface area (Å²) in [4.78, 5) is 0. The van der Waals surface area contributed by atoms with Crippen molar-refractivity contribution >= 4 is 22.6 Å². The number of ether oxygens (including phenoxy) is 2. The highest BCUT2D eigenvalue weighted by molar-refractivity contribution is 14.1. The van der Waals surface area contributed by atoms with E-state index in [9.17, 15) is 0 Å². The zero-order chi connectivity index (χ0) is 7.56. The minimum Gasteiger partial charge on any atom is -0.379 e. The molecule has 3 atom stereocenters. The van der Waals surface area contributed by atoms with Crippen LogP contribution in [0.2, 0.25) is 0 Å². The molecule has 2 nitrogen and oxygen atoms in total. The third-order valence-corrected chi connectivity index (χ3v) is 2.81. The Labute approximate surface area is 75.4 Å². The highest BCUT2D eigenvalue weighted by Crippen LogP contribution is 2.26. The summed E-state index contributed by atoms with van der Waals surface area (Å²) >= 11 is 2.32. The Morgan fingerprint density at radius 3 is 2.70 bits per heavy atom. The minimum atomic E-state index is 0.250. The molecule has 0 aliphatic carbocycles. The largest absolute Gasteiger partial charge is 0.379 e. The first-order valence-corrected chi connectivity index (χ1v) is 4.81. The van der Waals surface area contributed by atoms with Crippen molar-refractivity contribution in [1.29, 1.82) is 0 Å². The summed E-state index contributed by atoms with van der Waals surface area (Å²) in [5, 5.41) is 0. The van der Waals surface area contributed by atoms with Crippen LogP contribution in [0.4, 0.5) is 0 Å². The van der Waals surface area contributed by atoms with Crippen molar-refractivity contribution < 1.29 is 9.47 Å². The van der Waals surface area contributed by atoms with E-state index in [-0.39, 0.29) is 6.10 Å². The molecule has 0 saturated carbocycles. The first-order valence-electron chi connectivity index (χ1n) is 3.56. The van der Waals surface area contributed by atoms with Crippen LogP contribution in [0.25, 0.3) is 0 Å². The fourth-order valence-electron chi connectivity index (χ4n) is 1.12. The Morgan fingerprint density at radius 1 is 1.60 bits per heavy atom. The molecule has 3 heteroatoms. The average Bonchev–Trinajstić information content (AvgIpc) is 2.34. The molecule has 0 aromatic heterocycles. The molecule has 0 N–H and O–H groups in total. The predicted molar refractivity (Wildman–Crippen MR) is 48.4 cm³/mol. The second-order valence-electron chi connectivity index (χ2n) is 2.60. The molecule has 0 aromatic rings. The Hall–Kier alpha value is 0.650. The van der Waals surface area contributed by atoms with E-state index in [0.29, 0.717) is 10.2 Å². The van der Waals surface area contributed by atoms with Gasteiger partial charge >= 0.3 is 0 Å². The molecule has 0 spiro atoms. The lowest BCUT2D eigenvalue weighted by atomic mass is 10.1. The Bertz CT molecular complexity index is 108. The smallest absolute Gasteiger partial charge is 0.109 e. The van der Waals surface area contributed by atoms with Gasteiger partial charge in [0.1, 0.15) is 4.11 Å². The van der Waals surface area contributed by atoms with Crippen molar-refractivity contribution in [1.82, 2.24) is 0 Å². The molecule has 1 aliphatic rings. The molecular formula is C7H13IO2. The van der Waals surface area contributed by atoms with Gasteiger partial charge in [-0.15, -0.1) is 0 Å². The molecule has 1 rings (SSSR count). The summed E-state index contributed by atoms with van der Waals surface area (Å²) < 4.78 is 11.1. The van der Waals surface area contributed by atoms with Crippen LogP contribution in [0.15, 0.2) is 0 Å². The molecule has 10 heavy (non-hydrogen) atoms. The van der Waals surface area contributed by atoms with Gasteiger partial charge in [-0.1, -0.05) is 22.6 Å². The molecule has 1 saturated heterocycles. The molecular weight excluding hydrogens is 243 g/mol. The van der Waals surface area contributed by atoms with E-state index in [4.69, 9.17) is 9.47 Å². The summed E-state index contributed by atoms with van der Waals surface area (Å²) in [5.41, 5.74) is 0. The standard InChI is InChI=1S/C7H13IO2/c1-5(9-2)6-3-4-7(8)10-6/h5-7H,3-4H2,1-2H3. The molecule has 0 amide bonds. The maximum absolute atomic E-state index is 5.58. The van der Waals surface area contributed by atoms with Crippen molar-refractivity contribution in [3.63, 3.8) is 0 Å². The van der Waals surface area contributed by atoms with Gasteiger partial charge in [0.05, 0.1) is 12.2 Å². The molecule has 0 bridgehead atoms. The van der Waals surface area contributed by atoms with Gasteiger partial charge in [-0.2, -0.15) is 0 Å². The van der Waals surface area contributed by atoms with Crippen LogP contribution in [0.3, 0.4) is 0 Å².